The van der Waals surface area contributed by atoms with E-state index in [4.69, 9.17) is 26.8 Å². The van der Waals surface area contributed by atoms with E-state index < -0.39 is 5.97 Å². The molecule has 94 valence electrons. The van der Waals surface area contributed by atoms with Gasteiger partial charge in [-0.2, -0.15) is 0 Å². The Morgan fingerprint density at radius 1 is 1.47 bits per heavy atom. The summed E-state index contributed by atoms with van der Waals surface area (Å²) < 4.78 is 9.99. The lowest BCUT2D eigenvalue weighted by Gasteiger charge is -2.08. The lowest BCUT2D eigenvalue weighted by Crippen LogP contribution is -2.14. The van der Waals surface area contributed by atoms with Crippen LogP contribution < -0.4 is 10.5 Å². The summed E-state index contributed by atoms with van der Waals surface area (Å²) in [4.78, 5) is 11.1. The quantitative estimate of drug-likeness (QED) is 0.789. The molecule has 0 amide bonds. The zero-order chi connectivity index (χ0) is 12.7. The third kappa shape index (κ3) is 4.63. The highest BCUT2D eigenvalue weighted by Crippen LogP contribution is 2.25. The van der Waals surface area contributed by atoms with Crippen molar-refractivity contribution in [3.8, 4) is 5.75 Å². The number of ether oxygens (including phenoxy) is 2. The molecule has 0 radical (unpaired) electrons. The lowest BCUT2D eigenvalue weighted by atomic mass is 10.1. The first-order valence-electron chi connectivity index (χ1n) is 5.44. The van der Waals surface area contributed by atoms with Gasteiger partial charge in [0.05, 0.1) is 11.6 Å². The average Bonchev–Trinajstić information content (AvgIpc) is 2.29. The van der Waals surface area contributed by atoms with Gasteiger partial charge in [0.25, 0.3) is 0 Å². The van der Waals surface area contributed by atoms with E-state index in [1.807, 2.05) is 6.07 Å². The molecule has 0 aliphatic rings. The van der Waals surface area contributed by atoms with Gasteiger partial charge >= 0.3 is 5.97 Å². The summed E-state index contributed by atoms with van der Waals surface area (Å²) in [6.07, 6.45) is 0.762. The molecule has 4 nitrogen and oxygen atoms in total. The highest BCUT2D eigenvalue weighted by Gasteiger charge is 2.06. The van der Waals surface area contributed by atoms with Crippen LogP contribution in [0.4, 0.5) is 0 Å². The minimum absolute atomic E-state index is 0.135. The predicted octanol–water partition coefficient (Wildman–Crippen LogP) is 1.78. The van der Waals surface area contributed by atoms with Crippen molar-refractivity contribution in [3.05, 3.63) is 28.8 Å². The van der Waals surface area contributed by atoms with Gasteiger partial charge in [0, 0.05) is 0 Å². The summed E-state index contributed by atoms with van der Waals surface area (Å²) >= 11 is 6.01. The zero-order valence-corrected chi connectivity index (χ0v) is 10.5. The first-order valence-corrected chi connectivity index (χ1v) is 5.82. The monoisotopic (exact) mass is 257 g/mol. The Kier molecular flexibility index (Phi) is 5.80. The predicted molar refractivity (Wildman–Crippen MR) is 66.3 cm³/mol. The number of esters is 1. The third-order valence-corrected chi connectivity index (χ3v) is 2.38. The molecule has 0 saturated heterocycles. The van der Waals surface area contributed by atoms with Gasteiger partial charge < -0.3 is 15.2 Å². The molecule has 0 aromatic heterocycles. The maximum absolute atomic E-state index is 11.1. The lowest BCUT2D eigenvalue weighted by molar-refractivity contribution is -0.145. The Morgan fingerprint density at radius 3 is 2.82 bits per heavy atom. The summed E-state index contributed by atoms with van der Waals surface area (Å²) in [5, 5.41) is 0.472. The summed E-state index contributed by atoms with van der Waals surface area (Å²) in [6, 6.07) is 5.39. The summed E-state index contributed by atoms with van der Waals surface area (Å²) in [5.74, 6) is 0.0649. The first-order chi connectivity index (χ1) is 8.17. The average molecular weight is 258 g/mol. The topological polar surface area (TPSA) is 61.5 Å². The Balaban J connectivity index is 2.57. The minimum Gasteiger partial charge on any atom is -0.480 e. The van der Waals surface area contributed by atoms with E-state index in [2.05, 4.69) is 0 Å². The molecular formula is C12H16ClNO3. The van der Waals surface area contributed by atoms with Gasteiger partial charge in [-0.1, -0.05) is 17.7 Å². The summed E-state index contributed by atoms with van der Waals surface area (Å²) in [5.41, 5.74) is 6.49. The number of carbonyl (C=O) groups is 1. The summed E-state index contributed by atoms with van der Waals surface area (Å²) in [6.45, 7) is 2.51. The van der Waals surface area contributed by atoms with Crippen molar-refractivity contribution in [1.82, 2.24) is 0 Å². The molecule has 17 heavy (non-hydrogen) atoms. The number of halogens is 1. The molecule has 0 saturated carbocycles. The van der Waals surface area contributed by atoms with Crippen molar-refractivity contribution in [2.45, 2.75) is 13.3 Å². The molecule has 0 unspecified atom stereocenters. The molecule has 2 N–H and O–H groups in total. The second-order valence-corrected chi connectivity index (χ2v) is 3.80. The standard InChI is InChI=1S/C12H16ClNO3/c1-2-16-12(15)8-17-11-4-3-9(5-6-14)7-10(11)13/h3-4,7H,2,5-6,8,14H2,1H3. The summed E-state index contributed by atoms with van der Waals surface area (Å²) in [7, 11) is 0. The highest BCUT2D eigenvalue weighted by atomic mass is 35.5. The van der Waals surface area contributed by atoms with Crippen LogP contribution in [-0.2, 0) is 16.0 Å². The largest absolute Gasteiger partial charge is 0.480 e. The Labute approximate surface area is 106 Å². The molecule has 5 heteroatoms. The minimum atomic E-state index is -0.408. The number of nitrogens with two attached hydrogens (primary N) is 1. The van der Waals surface area contributed by atoms with Crippen LogP contribution >= 0.6 is 11.6 Å². The zero-order valence-electron chi connectivity index (χ0n) is 9.74. The smallest absolute Gasteiger partial charge is 0.344 e. The maximum atomic E-state index is 11.1. The fourth-order valence-electron chi connectivity index (χ4n) is 1.32. The van der Waals surface area contributed by atoms with E-state index >= 15 is 0 Å². The fraction of sp³-hybridized carbons (Fsp3) is 0.417. The Morgan fingerprint density at radius 2 is 2.24 bits per heavy atom. The maximum Gasteiger partial charge on any atom is 0.344 e. The van der Waals surface area contributed by atoms with Crippen LogP contribution in [0.2, 0.25) is 5.02 Å². The molecule has 0 atom stereocenters. The van der Waals surface area contributed by atoms with E-state index in [9.17, 15) is 4.79 Å². The second kappa shape index (κ2) is 7.14. The first kappa shape index (κ1) is 13.8. The van der Waals surface area contributed by atoms with Crippen LogP contribution in [0.15, 0.2) is 18.2 Å². The van der Waals surface area contributed by atoms with Crippen LogP contribution in [0.3, 0.4) is 0 Å². The van der Waals surface area contributed by atoms with Gasteiger partial charge in [-0.3, -0.25) is 0 Å². The Hall–Kier alpha value is -1.26. The van der Waals surface area contributed by atoms with Crippen LogP contribution in [-0.4, -0.2) is 25.7 Å². The molecule has 0 bridgehead atoms. The van der Waals surface area contributed by atoms with E-state index in [0.29, 0.717) is 23.9 Å². The van der Waals surface area contributed by atoms with E-state index in [1.54, 1.807) is 19.1 Å². The molecule has 0 spiro atoms. The van der Waals surface area contributed by atoms with E-state index in [-0.39, 0.29) is 6.61 Å². The number of benzene rings is 1. The highest BCUT2D eigenvalue weighted by molar-refractivity contribution is 6.32. The molecule has 0 fully saturated rings. The van der Waals surface area contributed by atoms with Crippen molar-refractivity contribution in [2.75, 3.05) is 19.8 Å². The SMILES string of the molecule is CCOC(=O)COc1ccc(CCN)cc1Cl. The van der Waals surface area contributed by atoms with Crippen molar-refractivity contribution in [2.24, 2.45) is 5.73 Å². The number of carbonyl (C=O) groups excluding carboxylic acids is 1. The van der Waals surface area contributed by atoms with Gasteiger partial charge in [-0.25, -0.2) is 4.79 Å². The molecule has 1 rings (SSSR count). The number of hydrogen-bond acceptors (Lipinski definition) is 4. The normalized spacial score (nSPS) is 10.1. The van der Waals surface area contributed by atoms with E-state index in [1.165, 1.54) is 0 Å². The van der Waals surface area contributed by atoms with E-state index in [0.717, 1.165) is 12.0 Å². The molecule has 1 aromatic rings. The van der Waals surface area contributed by atoms with Crippen LogP contribution in [0.25, 0.3) is 0 Å². The van der Waals surface area contributed by atoms with Crippen molar-refractivity contribution in [1.29, 1.82) is 0 Å². The molecule has 0 aliphatic carbocycles. The van der Waals surface area contributed by atoms with Crippen LogP contribution in [0, 0.1) is 0 Å². The second-order valence-electron chi connectivity index (χ2n) is 3.40. The molecular weight excluding hydrogens is 242 g/mol. The van der Waals surface area contributed by atoms with Crippen molar-refractivity contribution >= 4 is 17.6 Å². The molecule has 0 heterocycles. The van der Waals surface area contributed by atoms with Gasteiger partial charge in [0.2, 0.25) is 0 Å². The van der Waals surface area contributed by atoms with Crippen molar-refractivity contribution in [3.63, 3.8) is 0 Å². The number of rotatable bonds is 6. The molecule has 0 aliphatic heterocycles. The van der Waals surface area contributed by atoms with Gasteiger partial charge in [-0.05, 0) is 37.6 Å². The van der Waals surface area contributed by atoms with Gasteiger partial charge in [0.15, 0.2) is 6.61 Å². The van der Waals surface area contributed by atoms with Gasteiger partial charge in [0.1, 0.15) is 5.75 Å². The van der Waals surface area contributed by atoms with Crippen molar-refractivity contribution < 1.29 is 14.3 Å². The third-order valence-electron chi connectivity index (χ3n) is 2.08. The molecule has 1 aromatic carbocycles. The van der Waals surface area contributed by atoms with Crippen LogP contribution in [0.5, 0.6) is 5.75 Å². The Bertz CT molecular complexity index is 382. The van der Waals surface area contributed by atoms with Crippen LogP contribution in [0.1, 0.15) is 12.5 Å². The fourth-order valence-corrected chi connectivity index (χ4v) is 1.58. The number of hydrogen-bond donors (Lipinski definition) is 1. The van der Waals surface area contributed by atoms with Gasteiger partial charge in [-0.15, -0.1) is 0 Å².